The van der Waals surface area contributed by atoms with Crippen molar-refractivity contribution >= 4 is 11.8 Å². The SMILES string of the molecule is CC(=O)N1CCN(C(=O)c2c(C3CC3)nn(-c3ccc(C)cc3)c2C)CC1. The van der Waals surface area contributed by atoms with Gasteiger partial charge < -0.3 is 9.80 Å². The van der Waals surface area contributed by atoms with E-state index in [9.17, 15) is 9.59 Å². The first-order chi connectivity index (χ1) is 13.0. The molecule has 6 heteroatoms. The smallest absolute Gasteiger partial charge is 0.257 e. The van der Waals surface area contributed by atoms with Gasteiger partial charge >= 0.3 is 0 Å². The number of carbonyl (C=O) groups excluding carboxylic acids is 2. The summed E-state index contributed by atoms with van der Waals surface area (Å²) < 4.78 is 1.91. The maximum atomic E-state index is 13.3. The Bertz CT molecular complexity index is 872. The summed E-state index contributed by atoms with van der Waals surface area (Å²) >= 11 is 0. The number of piperazine rings is 1. The fraction of sp³-hybridized carbons (Fsp3) is 0.476. The Morgan fingerprint density at radius 1 is 0.963 bits per heavy atom. The van der Waals surface area contributed by atoms with E-state index >= 15 is 0 Å². The molecule has 6 nitrogen and oxygen atoms in total. The molecule has 1 aromatic heterocycles. The molecule has 4 rings (SSSR count). The largest absolute Gasteiger partial charge is 0.339 e. The van der Waals surface area contributed by atoms with Crippen molar-refractivity contribution in [2.45, 2.75) is 39.5 Å². The van der Waals surface area contributed by atoms with Crippen molar-refractivity contribution in [1.29, 1.82) is 0 Å². The minimum atomic E-state index is 0.0518. The molecule has 0 atom stereocenters. The highest BCUT2D eigenvalue weighted by Gasteiger charge is 2.36. The van der Waals surface area contributed by atoms with Crippen molar-refractivity contribution in [3.05, 3.63) is 46.8 Å². The molecule has 2 amide bonds. The lowest BCUT2D eigenvalue weighted by atomic mass is 10.1. The number of carbonyl (C=O) groups is 2. The van der Waals surface area contributed by atoms with E-state index in [1.807, 2.05) is 28.6 Å². The molecule has 0 bridgehead atoms. The van der Waals surface area contributed by atoms with Gasteiger partial charge in [-0.3, -0.25) is 9.59 Å². The van der Waals surface area contributed by atoms with Crippen LogP contribution in [0.5, 0.6) is 0 Å². The van der Waals surface area contributed by atoms with Crippen LogP contribution in [0.2, 0.25) is 0 Å². The van der Waals surface area contributed by atoms with Crippen LogP contribution in [0.25, 0.3) is 5.69 Å². The number of hydrogen-bond donors (Lipinski definition) is 0. The Labute approximate surface area is 159 Å². The lowest BCUT2D eigenvalue weighted by Gasteiger charge is -2.34. The molecule has 1 saturated heterocycles. The average molecular weight is 366 g/mol. The number of rotatable bonds is 3. The first-order valence-corrected chi connectivity index (χ1v) is 9.67. The van der Waals surface area contributed by atoms with Crippen LogP contribution >= 0.6 is 0 Å². The molecule has 1 saturated carbocycles. The number of aryl methyl sites for hydroxylation is 1. The monoisotopic (exact) mass is 366 g/mol. The molecule has 2 fully saturated rings. The molecule has 2 heterocycles. The van der Waals surface area contributed by atoms with Gasteiger partial charge in [0.25, 0.3) is 5.91 Å². The zero-order chi connectivity index (χ0) is 19.1. The molecule has 0 spiro atoms. The quantitative estimate of drug-likeness (QED) is 0.839. The molecule has 27 heavy (non-hydrogen) atoms. The molecule has 2 aliphatic rings. The van der Waals surface area contributed by atoms with E-state index in [1.54, 1.807) is 11.8 Å². The molecular weight excluding hydrogens is 340 g/mol. The lowest BCUT2D eigenvalue weighted by molar-refractivity contribution is -0.130. The Morgan fingerprint density at radius 2 is 1.56 bits per heavy atom. The Balaban J connectivity index is 1.65. The van der Waals surface area contributed by atoms with Crippen LogP contribution < -0.4 is 0 Å². The third-order valence-electron chi connectivity index (χ3n) is 5.61. The second-order valence-corrected chi connectivity index (χ2v) is 7.67. The van der Waals surface area contributed by atoms with E-state index in [4.69, 9.17) is 5.10 Å². The van der Waals surface area contributed by atoms with Gasteiger partial charge in [0.2, 0.25) is 5.91 Å². The number of aromatic nitrogens is 2. The van der Waals surface area contributed by atoms with Crippen LogP contribution in [0, 0.1) is 13.8 Å². The fourth-order valence-electron chi connectivity index (χ4n) is 3.75. The summed E-state index contributed by atoms with van der Waals surface area (Å²) in [5.74, 6) is 0.521. The van der Waals surface area contributed by atoms with Gasteiger partial charge in [-0.15, -0.1) is 0 Å². The second kappa shape index (κ2) is 6.83. The van der Waals surface area contributed by atoms with Crippen molar-refractivity contribution in [2.75, 3.05) is 26.2 Å². The van der Waals surface area contributed by atoms with Gasteiger partial charge in [0.1, 0.15) is 0 Å². The van der Waals surface area contributed by atoms with Crippen molar-refractivity contribution in [2.24, 2.45) is 0 Å². The summed E-state index contributed by atoms with van der Waals surface area (Å²) in [6.07, 6.45) is 2.20. The summed E-state index contributed by atoms with van der Waals surface area (Å²) in [4.78, 5) is 28.5. The van der Waals surface area contributed by atoms with Gasteiger partial charge in [-0.25, -0.2) is 4.68 Å². The molecule has 0 radical (unpaired) electrons. The summed E-state index contributed by atoms with van der Waals surface area (Å²) in [7, 11) is 0. The van der Waals surface area contributed by atoms with Crippen LogP contribution in [0.3, 0.4) is 0 Å². The summed E-state index contributed by atoms with van der Waals surface area (Å²) in [5, 5.41) is 4.84. The molecule has 1 aliphatic carbocycles. The predicted octanol–water partition coefficient (Wildman–Crippen LogP) is 2.67. The zero-order valence-electron chi connectivity index (χ0n) is 16.2. The number of nitrogens with zero attached hydrogens (tertiary/aromatic N) is 4. The third kappa shape index (κ3) is 3.36. The van der Waals surface area contributed by atoms with E-state index in [0.717, 1.165) is 35.5 Å². The van der Waals surface area contributed by atoms with Crippen molar-refractivity contribution < 1.29 is 9.59 Å². The van der Waals surface area contributed by atoms with E-state index in [2.05, 4.69) is 19.1 Å². The van der Waals surface area contributed by atoms with Crippen molar-refractivity contribution in [3.8, 4) is 5.69 Å². The van der Waals surface area contributed by atoms with Crippen LogP contribution in [0.1, 0.15) is 53.0 Å². The lowest BCUT2D eigenvalue weighted by Crippen LogP contribution is -2.50. The first-order valence-electron chi connectivity index (χ1n) is 9.67. The zero-order valence-corrected chi connectivity index (χ0v) is 16.2. The van der Waals surface area contributed by atoms with Gasteiger partial charge in [0.15, 0.2) is 0 Å². The molecular formula is C21H26N4O2. The minimum absolute atomic E-state index is 0.0518. The Morgan fingerprint density at radius 3 is 2.11 bits per heavy atom. The molecule has 2 aromatic rings. The minimum Gasteiger partial charge on any atom is -0.339 e. The first kappa shape index (κ1) is 17.8. The van der Waals surface area contributed by atoms with Gasteiger partial charge in [-0.05, 0) is 38.8 Å². The molecule has 1 aliphatic heterocycles. The highest BCUT2D eigenvalue weighted by molar-refractivity contribution is 5.97. The standard InChI is InChI=1S/C21H26N4O2/c1-14-4-8-18(9-5-14)25-15(2)19(20(22-25)17-6-7-17)21(27)24-12-10-23(11-13-24)16(3)26/h4-5,8-9,17H,6-7,10-13H2,1-3H3. The van der Waals surface area contributed by atoms with Crippen molar-refractivity contribution in [3.63, 3.8) is 0 Å². The second-order valence-electron chi connectivity index (χ2n) is 7.67. The van der Waals surface area contributed by atoms with Gasteiger partial charge in [0.05, 0.1) is 22.6 Å². The van der Waals surface area contributed by atoms with Crippen LogP contribution in [-0.2, 0) is 4.79 Å². The predicted molar refractivity (Wildman–Crippen MR) is 103 cm³/mol. The van der Waals surface area contributed by atoms with Crippen molar-refractivity contribution in [1.82, 2.24) is 19.6 Å². The van der Waals surface area contributed by atoms with E-state index in [0.29, 0.717) is 32.1 Å². The van der Waals surface area contributed by atoms with Crippen LogP contribution in [0.15, 0.2) is 24.3 Å². The van der Waals surface area contributed by atoms with Gasteiger partial charge in [0, 0.05) is 39.0 Å². The average Bonchev–Trinajstić information content (AvgIpc) is 3.45. The number of amides is 2. The molecule has 1 aromatic carbocycles. The van der Waals surface area contributed by atoms with Crippen LogP contribution in [0.4, 0.5) is 0 Å². The third-order valence-corrected chi connectivity index (χ3v) is 5.61. The normalized spacial score (nSPS) is 17.3. The number of hydrogen-bond acceptors (Lipinski definition) is 3. The number of benzene rings is 1. The topological polar surface area (TPSA) is 58.4 Å². The fourth-order valence-corrected chi connectivity index (χ4v) is 3.75. The molecule has 0 N–H and O–H groups in total. The van der Waals surface area contributed by atoms with E-state index < -0.39 is 0 Å². The maximum absolute atomic E-state index is 13.3. The van der Waals surface area contributed by atoms with Gasteiger partial charge in [-0.1, -0.05) is 17.7 Å². The molecule has 0 unspecified atom stereocenters. The Hall–Kier alpha value is -2.63. The molecule has 142 valence electrons. The van der Waals surface area contributed by atoms with E-state index in [1.165, 1.54) is 5.56 Å². The maximum Gasteiger partial charge on any atom is 0.257 e. The summed E-state index contributed by atoms with van der Waals surface area (Å²) in [6, 6.07) is 8.23. The highest BCUT2D eigenvalue weighted by Crippen LogP contribution is 2.42. The van der Waals surface area contributed by atoms with Crippen LogP contribution in [-0.4, -0.2) is 57.6 Å². The van der Waals surface area contributed by atoms with Gasteiger partial charge in [-0.2, -0.15) is 5.10 Å². The Kier molecular flexibility index (Phi) is 4.50. The summed E-state index contributed by atoms with van der Waals surface area (Å²) in [6.45, 7) is 7.99. The summed E-state index contributed by atoms with van der Waals surface area (Å²) in [5.41, 5.74) is 4.78. The van der Waals surface area contributed by atoms with E-state index in [-0.39, 0.29) is 11.8 Å². The highest BCUT2D eigenvalue weighted by atomic mass is 16.2.